The zero-order chi connectivity index (χ0) is 24.5. The molecule has 5 rings (SSSR count). The van der Waals surface area contributed by atoms with E-state index in [9.17, 15) is 19.2 Å². The van der Waals surface area contributed by atoms with Gasteiger partial charge in [0.25, 0.3) is 17.7 Å². The number of carbonyl (C=O) groups excluding carboxylic acids is 4. The molecule has 2 aliphatic rings. The van der Waals surface area contributed by atoms with E-state index in [-0.39, 0.29) is 16.7 Å². The highest BCUT2D eigenvalue weighted by molar-refractivity contribution is 6.35. The summed E-state index contributed by atoms with van der Waals surface area (Å²) in [4.78, 5) is 51.7. The van der Waals surface area contributed by atoms with Gasteiger partial charge in [-0.25, -0.2) is 9.69 Å². The molecule has 3 amide bonds. The Morgan fingerprint density at radius 3 is 2.46 bits per heavy atom. The standard InChI is InChI=1S/C26H20N2O7/c1-15-4-2-3-5-20(15)28-24(30)18-8-6-16(12-19(18)25(28)31)26(32)35-14-23(29)27-17-7-9-21-22(13-17)34-11-10-33-21/h2-9,12-13H,10-11,14H2,1H3,(H,27,29). The number of para-hydroxylation sites is 1. The van der Waals surface area contributed by atoms with Gasteiger partial charge in [0.05, 0.1) is 22.4 Å². The Morgan fingerprint density at radius 1 is 0.914 bits per heavy atom. The number of nitrogens with one attached hydrogen (secondary N) is 1. The normalized spacial score (nSPS) is 13.9. The first-order valence-corrected chi connectivity index (χ1v) is 10.9. The average molecular weight is 472 g/mol. The highest BCUT2D eigenvalue weighted by Gasteiger charge is 2.37. The molecule has 0 radical (unpaired) electrons. The van der Waals surface area contributed by atoms with Gasteiger partial charge in [0.15, 0.2) is 18.1 Å². The Bertz CT molecular complexity index is 1380. The summed E-state index contributed by atoms with van der Waals surface area (Å²) in [6.45, 7) is 2.14. The van der Waals surface area contributed by atoms with E-state index in [1.807, 2.05) is 6.07 Å². The lowest BCUT2D eigenvalue weighted by Gasteiger charge is -2.19. The molecule has 3 aromatic rings. The van der Waals surface area contributed by atoms with Crippen LogP contribution in [0.5, 0.6) is 11.5 Å². The van der Waals surface area contributed by atoms with Crippen molar-refractivity contribution in [2.24, 2.45) is 0 Å². The second-order valence-electron chi connectivity index (χ2n) is 7.98. The van der Waals surface area contributed by atoms with Crippen molar-refractivity contribution in [3.8, 4) is 11.5 Å². The summed E-state index contributed by atoms with van der Waals surface area (Å²) in [5.41, 5.74) is 2.08. The van der Waals surface area contributed by atoms with Gasteiger partial charge in [-0.1, -0.05) is 18.2 Å². The van der Waals surface area contributed by atoms with Crippen molar-refractivity contribution in [2.45, 2.75) is 6.92 Å². The van der Waals surface area contributed by atoms with Gasteiger partial charge in [-0.15, -0.1) is 0 Å². The third-order valence-electron chi connectivity index (χ3n) is 5.64. The zero-order valence-corrected chi connectivity index (χ0v) is 18.7. The van der Waals surface area contributed by atoms with Crippen LogP contribution in [0.2, 0.25) is 0 Å². The quantitative estimate of drug-likeness (QED) is 0.448. The van der Waals surface area contributed by atoms with Crippen LogP contribution in [-0.4, -0.2) is 43.5 Å². The molecule has 0 bridgehead atoms. The fourth-order valence-electron chi connectivity index (χ4n) is 3.93. The highest BCUT2D eigenvalue weighted by atomic mass is 16.6. The Kier molecular flexibility index (Phi) is 5.66. The smallest absolute Gasteiger partial charge is 0.338 e. The van der Waals surface area contributed by atoms with E-state index in [1.54, 1.807) is 43.3 Å². The molecule has 0 saturated carbocycles. The molecule has 35 heavy (non-hydrogen) atoms. The number of carbonyl (C=O) groups is 4. The van der Waals surface area contributed by atoms with Crippen molar-refractivity contribution in [1.29, 1.82) is 0 Å². The minimum atomic E-state index is -0.792. The van der Waals surface area contributed by atoms with Crippen LogP contribution in [0.3, 0.4) is 0 Å². The molecule has 0 saturated heterocycles. The zero-order valence-electron chi connectivity index (χ0n) is 18.7. The number of anilines is 2. The molecule has 9 nitrogen and oxygen atoms in total. The number of amides is 3. The molecule has 1 N–H and O–H groups in total. The highest BCUT2D eigenvalue weighted by Crippen LogP contribution is 2.33. The van der Waals surface area contributed by atoms with Crippen LogP contribution in [0, 0.1) is 6.92 Å². The van der Waals surface area contributed by atoms with Crippen LogP contribution < -0.4 is 19.7 Å². The second-order valence-corrected chi connectivity index (χ2v) is 7.98. The molecule has 2 heterocycles. The summed E-state index contributed by atoms with van der Waals surface area (Å²) < 4.78 is 16.0. The number of hydrogen-bond acceptors (Lipinski definition) is 7. The molecule has 3 aromatic carbocycles. The number of aryl methyl sites for hydroxylation is 1. The number of hydrogen-bond donors (Lipinski definition) is 1. The number of rotatable bonds is 5. The van der Waals surface area contributed by atoms with Gasteiger partial charge in [0, 0.05) is 11.8 Å². The predicted molar refractivity (Wildman–Crippen MR) is 125 cm³/mol. The summed E-state index contributed by atoms with van der Waals surface area (Å²) in [6, 6.07) is 16.1. The topological polar surface area (TPSA) is 111 Å². The van der Waals surface area contributed by atoms with Crippen molar-refractivity contribution >= 4 is 35.1 Å². The molecule has 0 fully saturated rings. The lowest BCUT2D eigenvalue weighted by molar-refractivity contribution is -0.119. The Hall–Kier alpha value is -4.66. The van der Waals surface area contributed by atoms with Crippen molar-refractivity contribution in [3.63, 3.8) is 0 Å². The fraction of sp³-hybridized carbons (Fsp3) is 0.154. The van der Waals surface area contributed by atoms with E-state index in [4.69, 9.17) is 14.2 Å². The van der Waals surface area contributed by atoms with Gasteiger partial charge >= 0.3 is 5.97 Å². The lowest BCUT2D eigenvalue weighted by Crippen LogP contribution is -2.29. The molecular formula is C26H20N2O7. The van der Waals surface area contributed by atoms with Gasteiger partial charge < -0.3 is 19.5 Å². The predicted octanol–water partition coefficient (Wildman–Crippen LogP) is 3.36. The average Bonchev–Trinajstić information content (AvgIpc) is 3.12. The summed E-state index contributed by atoms with van der Waals surface area (Å²) >= 11 is 0. The molecule has 0 atom stereocenters. The third-order valence-corrected chi connectivity index (χ3v) is 5.64. The van der Waals surface area contributed by atoms with Crippen molar-refractivity contribution < 1.29 is 33.4 Å². The van der Waals surface area contributed by atoms with E-state index in [0.29, 0.717) is 36.1 Å². The van der Waals surface area contributed by atoms with Crippen LogP contribution in [0.25, 0.3) is 0 Å². The lowest BCUT2D eigenvalue weighted by atomic mass is 10.1. The SMILES string of the molecule is Cc1ccccc1N1C(=O)c2ccc(C(=O)OCC(=O)Nc3ccc4c(c3)OCCO4)cc2C1=O. The number of ether oxygens (including phenoxy) is 3. The van der Waals surface area contributed by atoms with Gasteiger partial charge in [-0.2, -0.15) is 0 Å². The second kappa shape index (κ2) is 8.94. The number of benzene rings is 3. The largest absolute Gasteiger partial charge is 0.486 e. The molecule has 0 aromatic heterocycles. The number of fused-ring (bicyclic) bond motifs is 2. The van der Waals surface area contributed by atoms with Crippen molar-refractivity contribution in [1.82, 2.24) is 0 Å². The summed E-state index contributed by atoms with van der Waals surface area (Å²) in [6.07, 6.45) is 0. The first-order valence-electron chi connectivity index (χ1n) is 10.9. The maximum Gasteiger partial charge on any atom is 0.338 e. The Balaban J connectivity index is 1.25. The van der Waals surface area contributed by atoms with Gasteiger partial charge in [-0.05, 0) is 48.9 Å². The number of nitrogens with zero attached hydrogens (tertiary/aromatic N) is 1. The minimum absolute atomic E-state index is 0.0589. The van der Waals surface area contributed by atoms with Crippen LogP contribution in [0.15, 0.2) is 60.7 Å². The summed E-state index contributed by atoms with van der Waals surface area (Å²) in [5.74, 6) is -1.22. The Labute approximate surface area is 200 Å². The monoisotopic (exact) mass is 472 g/mol. The van der Waals surface area contributed by atoms with Gasteiger partial charge in [-0.3, -0.25) is 14.4 Å². The molecule has 2 aliphatic heterocycles. The summed E-state index contributed by atoms with van der Waals surface area (Å²) in [5, 5.41) is 2.63. The Morgan fingerprint density at radius 2 is 1.66 bits per heavy atom. The fourth-order valence-corrected chi connectivity index (χ4v) is 3.93. The number of esters is 1. The first-order chi connectivity index (χ1) is 16.9. The minimum Gasteiger partial charge on any atom is -0.486 e. The summed E-state index contributed by atoms with van der Waals surface area (Å²) in [7, 11) is 0. The maximum atomic E-state index is 13.0. The third kappa shape index (κ3) is 4.19. The van der Waals surface area contributed by atoms with Crippen molar-refractivity contribution in [3.05, 3.63) is 82.9 Å². The number of imide groups is 1. The molecule has 176 valence electrons. The first kappa shape index (κ1) is 22.1. The van der Waals surface area contributed by atoms with Gasteiger partial charge in [0.2, 0.25) is 0 Å². The molecular weight excluding hydrogens is 452 g/mol. The van der Waals surface area contributed by atoms with E-state index in [0.717, 1.165) is 10.5 Å². The van der Waals surface area contributed by atoms with E-state index >= 15 is 0 Å². The molecule has 0 spiro atoms. The van der Waals surface area contributed by atoms with E-state index < -0.39 is 30.3 Å². The van der Waals surface area contributed by atoms with Crippen molar-refractivity contribution in [2.75, 3.05) is 30.0 Å². The molecule has 0 aliphatic carbocycles. The molecule has 9 heteroatoms. The van der Waals surface area contributed by atoms with E-state index in [2.05, 4.69) is 5.32 Å². The van der Waals surface area contributed by atoms with Gasteiger partial charge in [0.1, 0.15) is 13.2 Å². The van der Waals surface area contributed by atoms with Crippen LogP contribution in [0.4, 0.5) is 11.4 Å². The van der Waals surface area contributed by atoms with E-state index in [1.165, 1.54) is 18.2 Å². The van der Waals surface area contributed by atoms with Crippen LogP contribution in [-0.2, 0) is 9.53 Å². The van der Waals surface area contributed by atoms with Crippen LogP contribution in [0.1, 0.15) is 36.6 Å². The molecule has 0 unspecified atom stereocenters. The maximum absolute atomic E-state index is 13.0. The van der Waals surface area contributed by atoms with Crippen LogP contribution >= 0.6 is 0 Å².